The molecule has 7 nitrogen and oxygen atoms in total. The van der Waals surface area contributed by atoms with E-state index in [4.69, 9.17) is 5.11 Å². The van der Waals surface area contributed by atoms with E-state index in [0.717, 1.165) is 31.9 Å². The van der Waals surface area contributed by atoms with E-state index >= 15 is 0 Å². The van der Waals surface area contributed by atoms with Crippen molar-refractivity contribution < 1.29 is 19.5 Å². The highest BCUT2D eigenvalue weighted by Gasteiger charge is 2.52. The van der Waals surface area contributed by atoms with Crippen LogP contribution in [0.5, 0.6) is 0 Å². The molecule has 0 bridgehead atoms. The van der Waals surface area contributed by atoms with E-state index in [2.05, 4.69) is 17.3 Å². The molecule has 0 aromatic carbocycles. The highest BCUT2D eigenvalue weighted by Crippen LogP contribution is 2.43. The van der Waals surface area contributed by atoms with Crippen molar-refractivity contribution in [3.63, 3.8) is 0 Å². The van der Waals surface area contributed by atoms with Gasteiger partial charge in [-0.3, -0.25) is 20.0 Å². The molecule has 2 amide bonds. The number of aromatic nitrogens is 1. The first-order valence-corrected chi connectivity index (χ1v) is 7.77. The van der Waals surface area contributed by atoms with Gasteiger partial charge in [0.2, 0.25) is 5.91 Å². The minimum Gasteiger partial charge on any atom is -0.478 e. The number of aromatic carboxylic acids is 1. The Morgan fingerprint density at radius 3 is 2.78 bits per heavy atom. The maximum Gasteiger partial charge on any atom is 0.337 e. The van der Waals surface area contributed by atoms with Crippen LogP contribution < -0.4 is 5.43 Å². The molecule has 122 valence electrons. The highest BCUT2D eigenvalue weighted by molar-refractivity contribution is 5.97. The first kappa shape index (κ1) is 15.5. The number of carbonyl (C=O) groups excluding carboxylic acids is 2. The van der Waals surface area contributed by atoms with Crippen LogP contribution in [0.1, 0.15) is 59.9 Å². The normalized spacial score (nSPS) is 27.1. The lowest BCUT2D eigenvalue weighted by Gasteiger charge is -2.44. The van der Waals surface area contributed by atoms with Crippen LogP contribution in [0, 0.1) is 5.92 Å². The van der Waals surface area contributed by atoms with Gasteiger partial charge in [-0.15, -0.1) is 0 Å². The molecule has 1 spiro atoms. The lowest BCUT2D eigenvalue weighted by Crippen LogP contribution is -2.56. The van der Waals surface area contributed by atoms with E-state index in [9.17, 15) is 14.4 Å². The largest absolute Gasteiger partial charge is 0.478 e. The molecule has 2 atom stereocenters. The Bertz CT molecular complexity index is 658. The van der Waals surface area contributed by atoms with Crippen molar-refractivity contribution in [3.05, 3.63) is 29.6 Å². The molecule has 23 heavy (non-hydrogen) atoms. The van der Waals surface area contributed by atoms with E-state index in [1.165, 1.54) is 17.1 Å². The van der Waals surface area contributed by atoms with Gasteiger partial charge in [0.25, 0.3) is 5.91 Å². The second-order valence-corrected chi connectivity index (χ2v) is 6.34. The molecule has 1 aliphatic carbocycles. The Kier molecular flexibility index (Phi) is 3.79. The molecule has 2 heterocycles. The number of carboxylic acids is 1. The summed E-state index contributed by atoms with van der Waals surface area (Å²) in [7, 11) is 0. The van der Waals surface area contributed by atoms with Crippen LogP contribution in [-0.4, -0.2) is 38.4 Å². The summed E-state index contributed by atoms with van der Waals surface area (Å²) in [5.74, 6) is -1.42. The van der Waals surface area contributed by atoms with Gasteiger partial charge in [-0.1, -0.05) is 19.8 Å². The second kappa shape index (κ2) is 5.64. The number of nitrogens with zero attached hydrogens (tertiary/aromatic N) is 2. The zero-order valence-corrected chi connectivity index (χ0v) is 12.9. The first-order valence-electron chi connectivity index (χ1n) is 7.77. The maximum absolute atomic E-state index is 12.8. The van der Waals surface area contributed by atoms with Crippen LogP contribution in [-0.2, 0) is 4.79 Å². The standard InChI is InChI=1S/C16H19N3O4/c1-10-4-2-3-7-16(10)8-13(20)18-19(16)14(21)12-6-5-11(9-17-12)15(22)23/h5-6,9-10H,2-4,7-8H2,1H3,(H,18,20)(H,22,23). The predicted molar refractivity (Wildman–Crippen MR) is 80.5 cm³/mol. The first-order chi connectivity index (χ1) is 10.9. The monoisotopic (exact) mass is 317 g/mol. The highest BCUT2D eigenvalue weighted by atomic mass is 16.4. The Morgan fingerprint density at radius 1 is 1.39 bits per heavy atom. The molecule has 0 radical (unpaired) electrons. The summed E-state index contributed by atoms with van der Waals surface area (Å²) in [5, 5.41) is 10.3. The summed E-state index contributed by atoms with van der Waals surface area (Å²) < 4.78 is 0. The molecule has 2 unspecified atom stereocenters. The van der Waals surface area contributed by atoms with Gasteiger partial charge in [0.05, 0.1) is 17.5 Å². The number of hydrogen-bond donors (Lipinski definition) is 2. The van der Waals surface area contributed by atoms with Crippen molar-refractivity contribution in [3.8, 4) is 0 Å². The van der Waals surface area contributed by atoms with Crippen molar-refractivity contribution in [2.24, 2.45) is 5.92 Å². The predicted octanol–water partition coefficient (Wildman–Crippen LogP) is 1.61. The van der Waals surface area contributed by atoms with E-state index < -0.39 is 11.5 Å². The number of rotatable bonds is 2. The molecule has 2 fully saturated rings. The summed E-state index contributed by atoms with van der Waals surface area (Å²) in [6.07, 6.45) is 5.31. The fourth-order valence-electron chi connectivity index (χ4n) is 3.64. The van der Waals surface area contributed by atoms with Gasteiger partial charge in [0.15, 0.2) is 0 Å². The third-order valence-electron chi connectivity index (χ3n) is 5.00. The number of hydrazine groups is 1. The number of amides is 2. The molecule has 3 rings (SSSR count). The molecule has 1 aliphatic heterocycles. The van der Waals surface area contributed by atoms with Gasteiger partial charge in [0.1, 0.15) is 5.69 Å². The lowest BCUT2D eigenvalue weighted by atomic mass is 9.72. The van der Waals surface area contributed by atoms with E-state index in [0.29, 0.717) is 6.42 Å². The van der Waals surface area contributed by atoms with Gasteiger partial charge in [-0.05, 0) is 30.9 Å². The van der Waals surface area contributed by atoms with Crippen molar-refractivity contribution in [1.29, 1.82) is 0 Å². The van der Waals surface area contributed by atoms with Crippen LogP contribution in [0.3, 0.4) is 0 Å². The lowest BCUT2D eigenvalue weighted by molar-refractivity contribution is -0.120. The Hall–Kier alpha value is -2.44. The van der Waals surface area contributed by atoms with E-state index in [1.54, 1.807) is 0 Å². The molecule has 1 aromatic heterocycles. The summed E-state index contributed by atoms with van der Waals surface area (Å²) in [5.41, 5.74) is 2.32. The van der Waals surface area contributed by atoms with Gasteiger partial charge in [-0.25, -0.2) is 9.80 Å². The Balaban J connectivity index is 1.90. The number of carbonyl (C=O) groups is 3. The molecule has 7 heteroatoms. The second-order valence-electron chi connectivity index (χ2n) is 6.34. The minimum atomic E-state index is -1.09. The topological polar surface area (TPSA) is 99.6 Å². The maximum atomic E-state index is 12.8. The van der Waals surface area contributed by atoms with Gasteiger partial charge < -0.3 is 5.11 Å². The summed E-state index contributed by atoms with van der Waals surface area (Å²) >= 11 is 0. The van der Waals surface area contributed by atoms with E-state index in [-0.39, 0.29) is 29.0 Å². The molecule has 1 saturated carbocycles. The van der Waals surface area contributed by atoms with Crippen molar-refractivity contribution in [2.45, 2.75) is 44.6 Å². The summed E-state index contributed by atoms with van der Waals surface area (Å²) in [6, 6.07) is 2.73. The zero-order chi connectivity index (χ0) is 16.6. The SMILES string of the molecule is CC1CCCCC12CC(=O)NN2C(=O)c1ccc(C(=O)O)cn1. The van der Waals surface area contributed by atoms with Crippen LogP contribution >= 0.6 is 0 Å². The van der Waals surface area contributed by atoms with Crippen molar-refractivity contribution in [2.75, 3.05) is 0 Å². The quantitative estimate of drug-likeness (QED) is 0.863. The van der Waals surface area contributed by atoms with Gasteiger partial charge in [0, 0.05) is 6.20 Å². The van der Waals surface area contributed by atoms with Gasteiger partial charge in [-0.2, -0.15) is 0 Å². The Labute approximate surface area is 133 Å². The van der Waals surface area contributed by atoms with Crippen molar-refractivity contribution >= 4 is 17.8 Å². The molecular formula is C16H19N3O4. The molecule has 2 aliphatic rings. The van der Waals surface area contributed by atoms with Crippen LogP contribution in [0.25, 0.3) is 0 Å². The van der Waals surface area contributed by atoms with Crippen molar-refractivity contribution in [1.82, 2.24) is 15.4 Å². The van der Waals surface area contributed by atoms with Crippen LogP contribution in [0.15, 0.2) is 18.3 Å². The number of nitrogens with one attached hydrogen (secondary N) is 1. The molecule has 1 aromatic rings. The number of pyridine rings is 1. The third kappa shape index (κ3) is 2.56. The van der Waals surface area contributed by atoms with Crippen LogP contribution in [0.4, 0.5) is 0 Å². The minimum absolute atomic E-state index is 0.0211. The molecule has 2 N–H and O–H groups in total. The summed E-state index contributed by atoms with van der Waals surface area (Å²) in [4.78, 5) is 39.6. The molecular weight excluding hydrogens is 298 g/mol. The fourth-order valence-corrected chi connectivity index (χ4v) is 3.64. The average Bonchev–Trinajstić information content (AvgIpc) is 2.87. The summed E-state index contributed by atoms with van der Waals surface area (Å²) in [6.45, 7) is 2.07. The van der Waals surface area contributed by atoms with E-state index in [1.807, 2.05) is 0 Å². The fraction of sp³-hybridized carbons (Fsp3) is 0.500. The smallest absolute Gasteiger partial charge is 0.337 e. The Morgan fingerprint density at radius 2 is 2.17 bits per heavy atom. The van der Waals surface area contributed by atoms with Crippen LogP contribution in [0.2, 0.25) is 0 Å². The number of carboxylic acid groups (broad SMARTS) is 1. The average molecular weight is 317 g/mol. The molecule has 1 saturated heterocycles. The zero-order valence-electron chi connectivity index (χ0n) is 12.9. The third-order valence-corrected chi connectivity index (χ3v) is 5.00. The number of hydrogen-bond acceptors (Lipinski definition) is 4. The van der Waals surface area contributed by atoms with Gasteiger partial charge >= 0.3 is 5.97 Å².